The van der Waals surface area contributed by atoms with E-state index in [2.05, 4.69) is 21.2 Å². The van der Waals surface area contributed by atoms with Crippen molar-refractivity contribution in [2.75, 3.05) is 0 Å². The normalized spacial score (nSPS) is 10.5. The molecule has 0 fully saturated rings. The van der Waals surface area contributed by atoms with Gasteiger partial charge in [0.25, 0.3) is 0 Å². The molecule has 2 nitrogen and oxygen atoms in total. The fraction of sp³-hybridized carbons (Fsp3) is 0.133. The van der Waals surface area contributed by atoms with E-state index in [1.165, 1.54) is 18.2 Å². The van der Waals surface area contributed by atoms with Crippen molar-refractivity contribution in [3.05, 3.63) is 69.4 Å². The minimum atomic E-state index is -1.04. The number of nitrogens with one attached hydrogen (secondary N) is 1. The summed E-state index contributed by atoms with van der Waals surface area (Å²) < 4.78 is 40.6. The lowest BCUT2D eigenvalue weighted by Gasteiger charge is -2.08. The summed E-state index contributed by atoms with van der Waals surface area (Å²) in [6.07, 6.45) is -0.306. The zero-order valence-electron chi connectivity index (χ0n) is 10.8. The number of amides is 1. The van der Waals surface area contributed by atoms with Crippen LogP contribution in [0.2, 0.25) is 0 Å². The van der Waals surface area contributed by atoms with Crippen molar-refractivity contribution in [3.8, 4) is 0 Å². The maximum absolute atomic E-state index is 13.5. The number of halogens is 4. The third kappa shape index (κ3) is 4.07. The second-order valence-electron chi connectivity index (χ2n) is 4.40. The summed E-state index contributed by atoms with van der Waals surface area (Å²) >= 11 is 3.20. The molecule has 0 radical (unpaired) electrons. The van der Waals surface area contributed by atoms with Gasteiger partial charge in [-0.1, -0.05) is 28.1 Å². The Bertz CT molecular complexity index is 676. The predicted molar refractivity (Wildman–Crippen MR) is 76.0 cm³/mol. The highest BCUT2D eigenvalue weighted by Crippen LogP contribution is 2.16. The van der Waals surface area contributed by atoms with Gasteiger partial charge in [-0.05, 0) is 24.3 Å². The van der Waals surface area contributed by atoms with Crippen molar-refractivity contribution in [2.24, 2.45) is 0 Å². The summed E-state index contributed by atoms with van der Waals surface area (Å²) in [7, 11) is 0. The smallest absolute Gasteiger partial charge is 0.224 e. The number of hydrogen-bond acceptors (Lipinski definition) is 1. The van der Waals surface area contributed by atoms with E-state index in [0.717, 1.165) is 6.07 Å². The Morgan fingerprint density at radius 2 is 1.81 bits per heavy atom. The largest absolute Gasteiger partial charge is 0.352 e. The van der Waals surface area contributed by atoms with Gasteiger partial charge >= 0.3 is 0 Å². The van der Waals surface area contributed by atoms with Gasteiger partial charge in [0.05, 0.1) is 6.42 Å². The molecule has 6 heteroatoms. The maximum atomic E-state index is 13.5. The predicted octanol–water partition coefficient (Wildman–Crippen LogP) is 3.73. The van der Waals surface area contributed by atoms with Crippen LogP contribution in [0.3, 0.4) is 0 Å². The van der Waals surface area contributed by atoms with Crippen LogP contribution in [0.5, 0.6) is 0 Å². The second-order valence-corrected chi connectivity index (χ2v) is 5.32. The van der Waals surface area contributed by atoms with Crippen LogP contribution in [0.4, 0.5) is 13.2 Å². The van der Waals surface area contributed by atoms with Gasteiger partial charge in [0.2, 0.25) is 5.91 Å². The van der Waals surface area contributed by atoms with Crippen LogP contribution < -0.4 is 5.32 Å². The van der Waals surface area contributed by atoms with Gasteiger partial charge in [-0.25, -0.2) is 13.2 Å². The molecular weight excluding hydrogens is 347 g/mol. The highest BCUT2D eigenvalue weighted by Gasteiger charge is 2.12. The van der Waals surface area contributed by atoms with E-state index in [9.17, 15) is 18.0 Å². The van der Waals surface area contributed by atoms with E-state index in [4.69, 9.17) is 0 Å². The Morgan fingerprint density at radius 3 is 2.57 bits per heavy atom. The Morgan fingerprint density at radius 1 is 1.05 bits per heavy atom. The first-order chi connectivity index (χ1) is 9.97. The molecule has 0 saturated carbocycles. The van der Waals surface area contributed by atoms with Crippen LogP contribution in [-0.4, -0.2) is 5.91 Å². The molecule has 0 saturated heterocycles. The number of hydrogen-bond donors (Lipinski definition) is 1. The lowest BCUT2D eigenvalue weighted by molar-refractivity contribution is -0.120. The quantitative estimate of drug-likeness (QED) is 0.887. The minimum absolute atomic E-state index is 0.0267. The number of benzene rings is 2. The van der Waals surface area contributed by atoms with Crippen LogP contribution in [0, 0.1) is 17.5 Å². The van der Waals surface area contributed by atoms with E-state index in [0.29, 0.717) is 10.0 Å². The molecule has 1 amide bonds. The molecule has 2 aromatic carbocycles. The van der Waals surface area contributed by atoms with Crippen molar-refractivity contribution >= 4 is 21.8 Å². The van der Waals surface area contributed by atoms with E-state index >= 15 is 0 Å². The highest BCUT2D eigenvalue weighted by molar-refractivity contribution is 9.10. The van der Waals surface area contributed by atoms with E-state index in [1.54, 1.807) is 12.1 Å². The molecule has 1 N–H and O–H groups in total. The average molecular weight is 358 g/mol. The van der Waals surface area contributed by atoms with Gasteiger partial charge in [0.1, 0.15) is 5.82 Å². The number of carbonyl (C=O) groups excluding carboxylic acids is 1. The van der Waals surface area contributed by atoms with Crippen LogP contribution >= 0.6 is 15.9 Å². The minimum Gasteiger partial charge on any atom is -0.352 e. The molecule has 21 heavy (non-hydrogen) atoms. The van der Waals surface area contributed by atoms with Gasteiger partial charge in [-0.15, -0.1) is 0 Å². The molecule has 0 aliphatic carbocycles. The summed E-state index contributed by atoms with van der Waals surface area (Å²) in [5.41, 5.74) is 0.264. The van der Waals surface area contributed by atoms with Crippen molar-refractivity contribution in [3.63, 3.8) is 0 Å². The molecule has 0 aliphatic heterocycles. The third-order valence-electron chi connectivity index (χ3n) is 2.87. The standard InChI is InChI=1S/C15H11BrF3NO/c16-11-4-5-12(17)10(6-11)8-20-14(21)7-9-2-1-3-13(18)15(9)19/h1-6H,7-8H2,(H,20,21). The maximum Gasteiger partial charge on any atom is 0.224 e. The van der Waals surface area contributed by atoms with Gasteiger partial charge in [0, 0.05) is 22.1 Å². The Hall–Kier alpha value is -1.82. The van der Waals surface area contributed by atoms with Gasteiger partial charge in [-0.3, -0.25) is 4.79 Å². The van der Waals surface area contributed by atoms with Gasteiger partial charge < -0.3 is 5.32 Å². The SMILES string of the molecule is O=C(Cc1cccc(F)c1F)NCc1cc(Br)ccc1F. The lowest BCUT2D eigenvalue weighted by atomic mass is 10.1. The first-order valence-corrected chi connectivity index (χ1v) is 6.90. The van der Waals surface area contributed by atoms with Gasteiger partial charge in [0.15, 0.2) is 11.6 Å². The summed E-state index contributed by atoms with van der Waals surface area (Å²) in [6, 6.07) is 8.00. The van der Waals surface area contributed by atoms with Crippen molar-refractivity contribution in [1.82, 2.24) is 5.32 Å². The highest BCUT2D eigenvalue weighted by atomic mass is 79.9. The molecule has 0 atom stereocenters. The van der Waals surface area contributed by atoms with Crippen LogP contribution in [-0.2, 0) is 17.8 Å². The van der Waals surface area contributed by atoms with Crippen LogP contribution in [0.25, 0.3) is 0 Å². The third-order valence-corrected chi connectivity index (χ3v) is 3.36. The first kappa shape index (κ1) is 15.6. The van der Waals surface area contributed by atoms with E-state index < -0.39 is 23.4 Å². The second kappa shape index (κ2) is 6.76. The Kier molecular flexibility index (Phi) is 5.01. The Balaban J connectivity index is 1.99. The molecular formula is C15H11BrF3NO. The molecule has 0 heterocycles. The molecule has 0 spiro atoms. The topological polar surface area (TPSA) is 29.1 Å². The van der Waals surface area contributed by atoms with Crippen molar-refractivity contribution < 1.29 is 18.0 Å². The summed E-state index contributed by atoms with van der Waals surface area (Å²) in [6.45, 7) is -0.0267. The Labute approximate surface area is 128 Å². The van der Waals surface area contributed by atoms with E-state index in [-0.39, 0.29) is 18.5 Å². The monoisotopic (exact) mass is 357 g/mol. The number of rotatable bonds is 4. The molecule has 2 rings (SSSR count). The number of carbonyl (C=O) groups is 1. The summed E-state index contributed by atoms with van der Waals surface area (Å²) in [5.74, 6) is -3.01. The van der Waals surface area contributed by atoms with Crippen LogP contribution in [0.15, 0.2) is 40.9 Å². The van der Waals surface area contributed by atoms with E-state index in [1.807, 2.05) is 0 Å². The molecule has 0 aromatic heterocycles. The zero-order chi connectivity index (χ0) is 15.4. The van der Waals surface area contributed by atoms with Crippen molar-refractivity contribution in [1.29, 1.82) is 0 Å². The van der Waals surface area contributed by atoms with Crippen LogP contribution in [0.1, 0.15) is 11.1 Å². The molecule has 110 valence electrons. The molecule has 0 aliphatic rings. The fourth-order valence-electron chi connectivity index (χ4n) is 1.79. The molecule has 0 bridgehead atoms. The molecule has 0 unspecified atom stereocenters. The summed E-state index contributed by atoms with van der Waals surface area (Å²) in [4.78, 5) is 11.7. The average Bonchev–Trinajstić information content (AvgIpc) is 2.45. The first-order valence-electron chi connectivity index (χ1n) is 6.11. The van der Waals surface area contributed by atoms with Crippen molar-refractivity contribution in [2.45, 2.75) is 13.0 Å². The zero-order valence-corrected chi connectivity index (χ0v) is 12.4. The van der Waals surface area contributed by atoms with Gasteiger partial charge in [-0.2, -0.15) is 0 Å². The molecule has 2 aromatic rings. The fourth-order valence-corrected chi connectivity index (χ4v) is 2.20. The summed E-state index contributed by atoms with van der Waals surface area (Å²) in [5, 5.41) is 2.47. The lowest BCUT2D eigenvalue weighted by Crippen LogP contribution is -2.25.